The van der Waals surface area contributed by atoms with Crippen molar-refractivity contribution < 1.29 is 12.8 Å². The second kappa shape index (κ2) is 3.54. The van der Waals surface area contributed by atoms with Crippen LogP contribution in [0.5, 0.6) is 0 Å². The largest absolute Gasteiger partial charge is 0.303 e. The molecule has 0 aromatic heterocycles. The SMILES string of the molecule is CC1(C)CS(=O)(=O)C2Cc3cc(F)ccc3C2N1. The Morgan fingerprint density at radius 3 is 2.83 bits per heavy atom. The molecule has 98 valence electrons. The lowest BCUT2D eigenvalue weighted by atomic mass is 10.0. The maximum atomic E-state index is 13.2. The molecule has 0 amide bonds. The minimum Gasteiger partial charge on any atom is -0.303 e. The Labute approximate surface area is 106 Å². The summed E-state index contributed by atoms with van der Waals surface area (Å²) in [5, 5.41) is 2.94. The zero-order valence-corrected chi connectivity index (χ0v) is 11.2. The number of nitrogens with one attached hydrogen (secondary N) is 1. The predicted octanol–water partition coefficient (Wildman–Crippen LogP) is 1.59. The lowest BCUT2D eigenvalue weighted by Crippen LogP contribution is -2.57. The van der Waals surface area contributed by atoms with Gasteiger partial charge in [-0.05, 0) is 43.5 Å². The smallest absolute Gasteiger partial charge is 0.157 e. The molecule has 2 atom stereocenters. The first kappa shape index (κ1) is 12.1. The molecule has 2 aliphatic rings. The van der Waals surface area contributed by atoms with E-state index in [1.807, 2.05) is 13.8 Å². The lowest BCUT2D eigenvalue weighted by Gasteiger charge is -2.39. The Hall–Kier alpha value is -0.940. The molecule has 1 aliphatic carbocycles. The molecular formula is C13H16FNO2S. The second-order valence-electron chi connectivity index (χ2n) is 5.90. The van der Waals surface area contributed by atoms with Gasteiger partial charge in [-0.3, -0.25) is 0 Å². The Morgan fingerprint density at radius 2 is 2.11 bits per heavy atom. The van der Waals surface area contributed by atoms with Crippen LogP contribution >= 0.6 is 0 Å². The van der Waals surface area contributed by atoms with Gasteiger partial charge in [-0.15, -0.1) is 0 Å². The van der Waals surface area contributed by atoms with Crippen LogP contribution in [-0.4, -0.2) is 25.0 Å². The zero-order chi connectivity index (χ0) is 13.1. The number of sulfone groups is 1. The summed E-state index contributed by atoms with van der Waals surface area (Å²) in [7, 11) is -3.13. The summed E-state index contributed by atoms with van der Waals surface area (Å²) < 4.78 is 37.8. The van der Waals surface area contributed by atoms with Crippen LogP contribution in [0.25, 0.3) is 0 Å². The highest BCUT2D eigenvalue weighted by Crippen LogP contribution is 2.40. The summed E-state index contributed by atoms with van der Waals surface area (Å²) in [4.78, 5) is 0. The Kier molecular flexibility index (Phi) is 2.38. The van der Waals surface area contributed by atoms with Gasteiger partial charge in [-0.25, -0.2) is 12.8 Å². The fourth-order valence-electron chi connectivity index (χ4n) is 3.17. The first-order valence-corrected chi connectivity index (χ1v) is 7.78. The Bertz CT molecular complexity index is 609. The molecule has 1 heterocycles. The Morgan fingerprint density at radius 1 is 1.39 bits per heavy atom. The van der Waals surface area contributed by atoms with Gasteiger partial charge in [-0.1, -0.05) is 6.07 Å². The van der Waals surface area contributed by atoms with Gasteiger partial charge in [0, 0.05) is 5.54 Å². The molecule has 0 spiro atoms. The number of rotatable bonds is 0. The first-order chi connectivity index (χ1) is 8.28. The van der Waals surface area contributed by atoms with Crippen molar-refractivity contribution in [3.05, 3.63) is 35.1 Å². The molecule has 0 saturated carbocycles. The molecular weight excluding hydrogens is 253 g/mol. The van der Waals surface area contributed by atoms with Crippen LogP contribution in [0.1, 0.15) is 31.0 Å². The van der Waals surface area contributed by atoms with Crippen LogP contribution in [0.3, 0.4) is 0 Å². The monoisotopic (exact) mass is 269 g/mol. The van der Waals surface area contributed by atoms with E-state index in [4.69, 9.17) is 0 Å². The third kappa shape index (κ3) is 1.77. The van der Waals surface area contributed by atoms with E-state index in [0.29, 0.717) is 6.42 Å². The number of halogens is 1. The van der Waals surface area contributed by atoms with Crippen LogP contribution in [0, 0.1) is 5.82 Å². The third-order valence-corrected chi connectivity index (χ3v) is 6.29. The highest BCUT2D eigenvalue weighted by atomic mass is 32.2. The summed E-state index contributed by atoms with van der Waals surface area (Å²) in [5.41, 5.74) is 1.31. The number of benzene rings is 1. The maximum absolute atomic E-state index is 13.2. The van der Waals surface area contributed by atoms with Crippen molar-refractivity contribution in [1.29, 1.82) is 0 Å². The van der Waals surface area contributed by atoms with Gasteiger partial charge < -0.3 is 5.32 Å². The average molecular weight is 269 g/mol. The maximum Gasteiger partial charge on any atom is 0.157 e. The molecule has 1 fully saturated rings. The normalized spacial score (nSPS) is 31.7. The van der Waals surface area contributed by atoms with Crippen molar-refractivity contribution in [2.24, 2.45) is 0 Å². The first-order valence-electron chi connectivity index (χ1n) is 6.06. The van der Waals surface area contributed by atoms with Crippen molar-refractivity contribution >= 4 is 9.84 Å². The zero-order valence-electron chi connectivity index (χ0n) is 10.4. The second-order valence-corrected chi connectivity index (χ2v) is 8.12. The van der Waals surface area contributed by atoms with E-state index in [1.165, 1.54) is 12.1 Å². The van der Waals surface area contributed by atoms with Crippen LogP contribution in [0.4, 0.5) is 4.39 Å². The van der Waals surface area contributed by atoms with Gasteiger partial charge in [-0.2, -0.15) is 0 Å². The fraction of sp³-hybridized carbons (Fsp3) is 0.538. The molecule has 0 radical (unpaired) electrons. The third-order valence-electron chi connectivity index (χ3n) is 3.80. The van der Waals surface area contributed by atoms with Gasteiger partial charge in [0.25, 0.3) is 0 Å². The number of fused-ring (bicyclic) bond motifs is 3. The molecule has 2 unspecified atom stereocenters. The molecule has 0 bridgehead atoms. The standard InChI is InChI=1S/C13H16FNO2S/c1-13(2)7-18(16,17)11-6-8-5-9(14)3-4-10(8)12(11)15-13/h3-5,11-12,15H,6-7H2,1-2H3. The molecule has 18 heavy (non-hydrogen) atoms. The van der Waals surface area contributed by atoms with Crippen molar-refractivity contribution in [3.8, 4) is 0 Å². The molecule has 1 aromatic carbocycles. The quantitative estimate of drug-likeness (QED) is 0.778. The number of hydrogen-bond acceptors (Lipinski definition) is 3. The topological polar surface area (TPSA) is 46.2 Å². The Balaban J connectivity index is 2.10. The average Bonchev–Trinajstić information content (AvgIpc) is 2.53. The van der Waals surface area contributed by atoms with Crippen molar-refractivity contribution in [2.75, 3.05) is 5.75 Å². The molecule has 1 aliphatic heterocycles. The molecule has 3 rings (SSSR count). The van der Waals surface area contributed by atoms with Crippen LogP contribution in [0.15, 0.2) is 18.2 Å². The van der Waals surface area contributed by atoms with E-state index in [-0.39, 0.29) is 17.6 Å². The van der Waals surface area contributed by atoms with E-state index in [9.17, 15) is 12.8 Å². The summed E-state index contributed by atoms with van der Waals surface area (Å²) >= 11 is 0. The molecule has 3 nitrogen and oxygen atoms in total. The van der Waals surface area contributed by atoms with E-state index in [1.54, 1.807) is 6.07 Å². The fourth-order valence-corrected chi connectivity index (χ4v) is 5.53. The van der Waals surface area contributed by atoms with Crippen molar-refractivity contribution in [1.82, 2.24) is 5.32 Å². The summed E-state index contributed by atoms with van der Waals surface area (Å²) in [6, 6.07) is 4.36. The summed E-state index contributed by atoms with van der Waals surface area (Å²) in [6.45, 7) is 3.78. The van der Waals surface area contributed by atoms with Crippen molar-refractivity contribution in [2.45, 2.75) is 37.1 Å². The highest BCUT2D eigenvalue weighted by Gasteiger charge is 2.48. The van der Waals surface area contributed by atoms with Gasteiger partial charge in [0.05, 0.1) is 17.0 Å². The van der Waals surface area contributed by atoms with Gasteiger partial charge in [0.1, 0.15) is 5.82 Å². The number of hydrogen-bond donors (Lipinski definition) is 1. The van der Waals surface area contributed by atoms with Gasteiger partial charge >= 0.3 is 0 Å². The van der Waals surface area contributed by atoms with E-state index in [0.717, 1.165) is 11.1 Å². The molecule has 1 aromatic rings. The van der Waals surface area contributed by atoms with E-state index in [2.05, 4.69) is 5.32 Å². The van der Waals surface area contributed by atoms with E-state index < -0.39 is 20.6 Å². The van der Waals surface area contributed by atoms with Gasteiger partial charge in [0.15, 0.2) is 9.84 Å². The minimum absolute atomic E-state index is 0.137. The summed E-state index contributed by atoms with van der Waals surface area (Å²) in [6.07, 6.45) is 0.420. The van der Waals surface area contributed by atoms with E-state index >= 15 is 0 Å². The molecule has 5 heteroatoms. The molecule has 1 saturated heterocycles. The predicted molar refractivity (Wildman–Crippen MR) is 67.6 cm³/mol. The minimum atomic E-state index is -3.13. The van der Waals surface area contributed by atoms with Gasteiger partial charge in [0.2, 0.25) is 0 Å². The van der Waals surface area contributed by atoms with Crippen LogP contribution in [0.2, 0.25) is 0 Å². The molecule has 1 N–H and O–H groups in total. The van der Waals surface area contributed by atoms with Crippen LogP contribution < -0.4 is 5.32 Å². The van der Waals surface area contributed by atoms with Crippen LogP contribution in [-0.2, 0) is 16.3 Å². The summed E-state index contributed by atoms with van der Waals surface area (Å²) in [5.74, 6) is -0.165. The van der Waals surface area contributed by atoms with Crippen molar-refractivity contribution in [3.63, 3.8) is 0 Å². The highest BCUT2D eigenvalue weighted by molar-refractivity contribution is 7.92. The lowest BCUT2D eigenvalue weighted by molar-refractivity contribution is 0.338.